The third-order valence-corrected chi connectivity index (χ3v) is 3.76. The van der Waals surface area contributed by atoms with Gasteiger partial charge in [-0.1, -0.05) is 17.7 Å². The van der Waals surface area contributed by atoms with E-state index in [1.165, 1.54) is 12.1 Å². The van der Waals surface area contributed by atoms with Gasteiger partial charge < -0.3 is 4.74 Å². The van der Waals surface area contributed by atoms with Crippen molar-refractivity contribution in [3.63, 3.8) is 0 Å². The van der Waals surface area contributed by atoms with Crippen LogP contribution in [0.5, 0.6) is 5.75 Å². The summed E-state index contributed by atoms with van der Waals surface area (Å²) in [5, 5.41) is 12.0. The quantitative estimate of drug-likeness (QED) is 0.484. The molecule has 0 bridgehead atoms. The number of rotatable bonds is 5. The number of nitro benzene ring substituents is 1. The first-order valence-electron chi connectivity index (χ1n) is 7.22. The van der Waals surface area contributed by atoms with E-state index in [1.54, 1.807) is 24.3 Å². The predicted octanol–water partition coefficient (Wildman–Crippen LogP) is 1.95. The summed E-state index contributed by atoms with van der Waals surface area (Å²) in [5.41, 5.74) is 1.08. The number of hydrazine groups is 1. The Balaban J connectivity index is 1.70. The molecule has 0 saturated heterocycles. The van der Waals surface area contributed by atoms with Crippen LogP contribution < -0.4 is 10.2 Å². The van der Waals surface area contributed by atoms with Crippen molar-refractivity contribution in [2.75, 3.05) is 6.61 Å². The molecule has 132 valence electrons. The van der Waals surface area contributed by atoms with Gasteiger partial charge in [0.05, 0.1) is 10.5 Å². The number of hydrogen-bond donors (Lipinski definition) is 1. The maximum absolute atomic E-state index is 12.3. The first-order valence-corrected chi connectivity index (χ1v) is 7.60. The van der Waals surface area contributed by atoms with Crippen LogP contribution in [0.1, 0.15) is 20.7 Å². The summed E-state index contributed by atoms with van der Waals surface area (Å²) in [6.07, 6.45) is 0. The molecule has 0 unspecified atom stereocenters. The number of nitro groups is 1. The second-order valence-corrected chi connectivity index (χ2v) is 5.62. The average Bonchev–Trinajstić information content (AvgIpc) is 2.86. The van der Waals surface area contributed by atoms with Gasteiger partial charge in [-0.25, -0.2) is 0 Å². The van der Waals surface area contributed by atoms with Crippen molar-refractivity contribution < 1.29 is 24.0 Å². The van der Waals surface area contributed by atoms with E-state index in [9.17, 15) is 24.5 Å². The number of imide groups is 1. The molecule has 0 atom stereocenters. The number of hydrogen-bond acceptors (Lipinski definition) is 6. The number of fused-ring (bicyclic) bond motifs is 1. The van der Waals surface area contributed by atoms with Crippen LogP contribution in [0.15, 0.2) is 42.5 Å². The average molecular weight is 376 g/mol. The summed E-state index contributed by atoms with van der Waals surface area (Å²) >= 11 is 5.73. The largest absolute Gasteiger partial charge is 0.484 e. The van der Waals surface area contributed by atoms with E-state index in [1.807, 2.05) is 0 Å². The molecule has 9 nitrogen and oxygen atoms in total. The van der Waals surface area contributed by atoms with Gasteiger partial charge in [0.2, 0.25) is 0 Å². The molecule has 0 fully saturated rings. The fourth-order valence-corrected chi connectivity index (χ4v) is 2.48. The Morgan fingerprint density at radius 3 is 2.50 bits per heavy atom. The highest BCUT2D eigenvalue weighted by Gasteiger charge is 2.42. The molecular formula is C16H10ClN3O6. The predicted molar refractivity (Wildman–Crippen MR) is 88.7 cm³/mol. The maximum atomic E-state index is 12.3. The molecule has 1 N–H and O–H groups in total. The van der Waals surface area contributed by atoms with Crippen LogP contribution in [-0.4, -0.2) is 34.3 Å². The molecule has 1 aliphatic heterocycles. The van der Waals surface area contributed by atoms with E-state index in [4.69, 9.17) is 16.3 Å². The van der Waals surface area contributed by atoms with Gasteiger partial charge in [0.15, 0.2) is 6.61 Å². The highest BCUT2D eigenvalue weighted by Crippen LogP contribution is 2.29. The highest BCUT2D eigenvalue weighted by molar-refractivity contribution is 6.30. The van der Waals surface area contributed by atoms with Crippen molar-refractivity contribution in [2.24, 2.45) is 0 Å². The Labute approximate surface area is 151 Å². The first kappa shape index (κ1) is 17.4. The lowest BCUT2D eigenvalue weighted by Crippen LogP contribution is -2.47. The Hall–Kier alpha value is -3.46. The minimum atomic E-state index is -0.975. The minimum Gasteiger partial charge on any atom is -0.484 e. The Morgan fingerprint density at radius 1 is 1.15 bits per heavy atom. The smallest absolute Gasteiger partial charge is 0.287 e. The van der Waals surface area contributed by atoms with Gasteiger partial charge in [-0.05, 0) is 30.3 Å². The molecule has 1 aliphatic rings. The number of amides is 3. The molecule has 0 saturated carbocycles. The van der Waals surface area contributed by atoms with Gasteiger partial charge in [-0.3, -0.25) is 29.9 Å². The van der Waals surface area contributed by atoms with Crippen LogP contribution in [0, 0.1) is 10.1 Å². The second-order valence-electron chi connectivity index (χ2n) is 5.18. The molecule has 2 aromatic carbocycles. The monoisotopic (exact) mass is 375 g/mol. The number of carbonyl (C=O) groups is 3. The summed E-state index contributed by atoms with van der Waals surface area (Å²) in [4.78, 5) is 46.8. The number of halogens is 1. The summed E-state index contributed by atoms with van der Waals surface area (Å²) in [5.74, 6) is -2.25. The van der Waals surface area contributed by atoms with E-state index < -0.39 is 34.9 Å². The molecule has 0 radical (unpaired) electrons. The van der Waals surface area contributed by atoms with Crippen LogP contribution in [0.4, 0.5) is 5.69 Å². The van der Waals surface area contributed by atoms with Crippen molar-refractivity contribution in [3.8, 4) is 5.75 Å². The van der Waals surface area contributed by atoms with Gasteiger partial charge in [-0.2, -0.15) is 5.01 Å². The number of nitrogens with zero attached hydrogens (tertiary/aromatic N) is 2. The van der Waals surface area contributed by atoms with Gasteiger partial charge >= 0.3 is 0 Å². The van der Waals surface area contributed by atoms with Crippen LogP contribution in [0.2, 0.25) is 5.02 Å². The molecule has 10 heteroatoms. The van der Waals surface area contributed by atoms with Gasteiger partial charge in [0.1, 0.15) is 11.3 Å². The molecule has 0 aliphatic carbocycles. The maximum Gasteiger partial charge on any atom is 0.287 e. The first-order chi connectivity index (χ1) is 12.4. The van der Waals surface area contributed by atoms with Gasteiger partial charge in [0, 0.05) is 11.1 Å². The van der Waals surface area contributed by atoms with Gasteiger partial charge in [0.25, 0.3) is 23.4 Å². The number of ether oxygens (including phenoxy) is 1. The molecule has 0 spiro atoms. The molecule has 0 aromatic heterocycles. The lowest BCUT2D eigenvalue weighted by Gasteiger charge is -2.15. The fraction of sp³-hybridized carbons (Fsp3) is 0.0625. The van der Waals surface area contributed by atoms with E-state index >= 15 is 0 Å². The van der Waals surface area contributed by atoms with Crippen LogP contribution >= 0.6 is 11.6 Å². The fourth-order valence-electron chi connectivity index (χ4n) is 2.36. The van der Waals surface area contributed by atoms with E-state index in [-0.39, 0.29) is 11.1 Å². The third kappa shape index (κ3) is 3.20. The van der Waals surface area contributed by atoms with Gasteiger partial charge in [-0.15, -0.1) is 0 Å². The number of nitrogens with one attached hydrogen (secondary N) is 1. The molecule has 3 amide bonds. The Morgan fingerprint density at radius 2 is 1.85 bits per heavy atom. The van der Waals surface area contributed by atoms with Crippen molar-refractivity contribution in [3.05, 3.63) is 68.7 Å². The molecular weight excluding hydrogens is 366 g/mol. The SMILES string of the molecule is O=C(COc1ccc(Cl)cc1)NN1C(=O)c2cccc([N+](=O)[O-])c2C1=O. The minimum absolute atomic E-state index is 0.150. The highest BCUT2D eigenvalue weighted by atomic mass is 35.5. The number of carbonyl (C=O) groups excluding carboxylic acids is 3. The zero-order valence-electron chi connectivity index (χ0n) is 13.0. The normalized spacial score (nSPS) is 12.7. The van der Waals surface area contributed by atoms with E-state index in [2.05, 4.69) is 5.43 Å². The second kappa shape index (κ2) is 6.81. The Bertz CT molecular complexity index is 928. The molecule has 26 heavy (non-hydrogen) atoms. The Kier molecular flexibility index (Phi) is 4.55. The lowest BCUT2D eigenvalue weighted by molar-refractivity contribution is -0.385. The third-order valence-electron chi connectivity index (χ3n) is 3.51. The zero-order chi connectivity index (χ0) is 18.8. The van der Waals surface area contributed by atoms with Crippen molar-refractivity contribution in [1.82, 2.24) is 10.4 Å². The molecule has 3 rings (SSSR count). The van der Waals surface area contributed by atoms with Crippen molar-refractivity contribution >= 4 is 35.0 Å². The molecule has 1 heterocycles. The standard InChI is InChI=1S/C16H10ClN3O6/c17-9-4-6-10(7-5-9)26-8-13(21)18-19-15(22)11-2-1-3-12(20(24)25)14(11)16(19)23/h1-7H,8H2,(H,18,21). The zero-order valence-corrected chi connectivity index (χ0v) is 13.7. The summed E-state index contributed by atoms with van der Waals surface area (Å²) < 4.78 is 5.21. The van der Waals surface area contributed by atoms with E-state index in [0.717, 1.165) is 6.07 Å². The van der Waals surface area contributed by atoms with Crippen molar-refractivity contribution in [1.29, 1.82) is 0 Å². The van der Waals surface area contributed by atoms with Crippen molar-refractivity contribution in [2.45, 2.75) is 0 Å². The van der Waals surface area contributed by atoms with E-state index in [0.29, 0.717) is 15.8 Å². The summed E-state index contributed by atoms with van der Waals surface area (Å²) in [6.45, 7) is -0.475. The van der Waals surface area contributed by atoms with Crippen LogP contribution in [0.3, 0.4) is 0 Å². The molecule has 2 aromatic rings. The summed E-state index contributed by atoms with van der Waals surface area (Å²) in [6, 6.07) is 9.90. The lowest BCUT2D eigenvalue weighted by atomic mass is 10.1. The topological polar surface area (TPSA) is 119 Å². The number of benzene rings is 2. The van der Waals surface area contributed by atoms with Crippen LogP contribution in [0.25, 0.3) is 0 Å². The summed E-state index contributed by atoms with van der Waals surface area (Å²) in [7, 11) is 0. The van der Waals surface area contributed by atoms with Crippen LogP contribution in [-0.2, 0) is 4.79 Å².